The first-order valence-corrected chi connectivity index (χ1v) is 9.21. The fraction of sp³-hybridized carbons (Fsp3) is 0.600. The van der Waals surface area contributed by atoms with Crippen LogP contribution in [0.2, 0.25) is 0 Å². The molecule has 150 valence electrons. The quantitative estimate of drug-likeness (QED) is 0.590. The average molecular weight is 378 g/mol. The Morgan fingerprint density at radius 3 is 2.67 bits per heavy atom. The number of benzene rings is 1. The molecule has 1 amide bonds. The summed E-state index contributed by atoms with van der Waals surface area (Å²) in [5.41, 5.74) is 5.03. The zero-order valence-electron chi connectivity index (χ0n) is 16.2. The van der Waals surface area contributed by atoms with Crippen LogP contribution in [0.25, 0.3) is 0 Å². The van der Waals surface area contributed by atoms with Crippen molar-refractivity contribution in [3.63, 3.8) is 0 Å². The van der Waals surface area contributed by atoms with E-state index in [-0.39, 0.29) is 18.3 Å². The van der Waals surface area contributed by atoms with E-state index in [9.17, 15) is 19.8 Å². The molecule has 0 aliphatic heterocycles. The summed E-state index contributed by atoms with van der Waals surface area (Å²) in [6.07, 6.45) is 1.97. The highest BCUT2D eigenvalue weighted by Gasteiger charge is 2.44. The van der Waals surface area contributed by atoms with Crippen LogP contribution in [0.5, 0.6) is 5.75 Å². The Balaban J connectivity index is 2.25. The van der Waals surface area contributed by atoms with Crippen molar-refractivity contribution < 1.29 is 24.5 Å². The monoisotopic (exact) mass is 378 g/mol. The van der Waals surface area contributed by atoms with E-state index < -0.39 is 23.4 Å². The fourth-order valence-electron chi connectivity index (χ4n) is 4.17. The zero-order valence-corrected chi connectivity index (χ0v) is 16.2. The molecule has 1 aliphatic carbocycles. The van der Waals surface area contributed by atoms with Crippen LogP contribution in [0.3, 0.4) is 0 Å². The Morgan fingerprint density at radius 1 is 1.41 bits per heavy atom. The number of carbonyl (C=O) groups is 2. The van der Waals surface area contributed by atoms with Gasteiger partial charge in [-0.15, -0.1) is 0 Å². The van der Waals surface area contributed by atoms with Gasteiger partial charge in [-0.25, -0.2) is 0 Å². The van der Waals surface area contributed by atoms with Crippen LogP contribution in [-0.4, -0.2) is 54.7 Å². The normalized spacial score (nSPS) is 26.6. The Labute approximate surface area is 160 Å². The minimum absolute atomic E-state index is 0.0226. The summed E-state index contributed by atoms with van der Waals surface area (Å²) in [7, 11) is 5.48. The van der Waals surface area contributed by atoms with E-state index in [1.807, 2.05) is 43.3 Å². The third kappa shape index (κ3) is 4.99. The highest BCUT2D eigenvalue weighted by atomic mass is 16.5. The van der Waals surface area contributed by atoms with E-state index >= 15 is 0 Å². The number of hydrogen-bond donors (Lipinski definition) is 3. The summed E-state index contributed by atoms with van der Waals surface area (Å²) in [4.78, 5) is 24.8. The third-order valence-corrected chi connectivity index (χ3v) is 5.59. The van der Waals surface area contributed by atoms with E-state index in [4.69, 9.17) is 10.5 Å². The number of aliphatic carboxylic acids is 1. The predicted molar refractivity (Wildman–Crippen MR) is 101 cm³/mol. The molecule has 7 nitrogen and oxygen atoms in total. The number of aliphatic hydroxyl groups is 1. The molecule has 4 unspecified atom stereocenters. The molecule has 1 aromatic carbocycles. The molecule has 0 radical (unpaired) electrons. The lowest BCUT2D eigenvalue weighted by atomic mass is 9.66. The minimum Gasteiger partial charge on any atom is -0.497 e. The van der Waals surface area contributed by atoms with Crippen molar-refractivity contribution in [2.75, 3.05) is 27.7 Å². The largest absolute Gasteiger partial charge is 0.497 e. The number of nitrogens with zero attached hydrogens (tertiary/aromatic N) is 1. The van der Waals surface area contributed by atoms with Gasteiger partial charge in [0.05, 0.1) is 12.7 Å². The van der Waals surface area contributed by atoms with Gasteiger partial charge in [-0.1, -0.05) is 12.1 Å². The summed E-state index contributed by atoms with van der Waals surface area (Å²) < 4.78 is 5.30. The van der Waals surface area contributed by atoms with Crippen molar-refractivity contribution >= 4 is 11.9 Å². The van der Waals surface area contributed by atoms with Crippen LogP contribution in [-0.2, 0) is 15.2 Å². The molecule has 4 N–H and O–H groups in total. The highest BCUT2D eigenvalue weighted by Crippen LogP contribution is 2.46. The van der Waals surface area contributed by atoms with Gasteiger partial charge in [0.15, 0.2) is 0 Å². The van der Waals surface area contributed by atoms with E-state index in [0.717, 1.165) is 5.56 Å². The molecule has 0 saturated heterocycles. The molecule has 1 aliphatic rings. The van der Waals surface area contributed by atoms with Gasteiger partial charge < -0.3 is 25.6 Å². The van der Waals surface area contributed by atoms with Crippen molar-refractivity contribution in [2.45, 2.75) is 31.3 Å². The second kappa shape index (κ2) is 8.71. The third-order valence-electron chi connectivity index (χ3n) is 5.59. The molecule has 2 rings (SSSR count). The number of hydrogen-bond acceptors (Lipinski definition) is 5. The number of nitrogens with two attached hydrogens (primary N) is 1. The SMILES string of the molecule is COc1cccc(C2(O)CCC(CC(C(N)=O)C(=O)O)CC2CN(C)C)c1. The van der Waals surface area contributed by atoms with Crippen LogP contribution in [0, 0.1) is 17.8 Å². The lowest BCUT2D eigenvalue weighted by Crippen LogP contribution is -2.46. The molecule has 27 heavy (non-hydrogen) atoms. The minimum atomic E-state index is -1.18. The molecule has 0 spiro atoms. The molecule has 1 fully saturated rings. The fourth-order valence-corrected chi connectivity index (χ4v) is 4.17. The zero-order chi connectivity index (χ0) is 20.2. The van der Waals surface area contributed by atoms with Gasteiger partial charge in [-0.2, -0.15) is 0 Å². The Kier molecular flexibility index (Phi) is 6.84. The van der Waals surface area contributed by atoms with Gasteiger partial charge in [0.2, 0.25) is 5.91 Å². The van der Waals surface area contributed by atoms with Crippen molar-refractivity contribution in [1.29, 1.82) is 0 Å². The number of methoxy groups -OCH3 is 1. The molecule has 1 saturated carbocycles. The predicted octanol–water partition coefficient (Wildman–Crippen LogP) is 1.44. The van der Waals surface area contributed by atoms with E-state index in [0.29, 0.717) is 31.6 Å². The lowest BCUT2D eigenvalue weighted by Gasteiger charge is -2.45. The van der Waals surface area contributed by atoms with Crippen LogP contribution in [0.1, 0.15) is 31.2 Å². The Hall–Kier alpha value is -2.12. The van der Waals surface area contributed by atoms with Crippen molar-refractivity contribution in [3.05, 3.63) is 29.8 Å². The van der Waals surface area contributed by atoms with E-state index in [1.54, 1.807) is 7.11 Å². The number of carboxylic acids is 1. The second-order valence-electron chi connectivity index (χ2n) is 7.78. The van der Waals surface area contributed by atoms with Crippen molar-refractivity contribution in [2.24, 2.45) is 23.5 Å². The van der Waals surface area contributed by atoms with Crippen LogP contribution < -0.4 is 10.5 Å². The van der Waals surface area contributed by atoms with Gasteiger partial charge >= 0.3 is 5.97 Å². The van der Waals surface area contributed by atoms with Crippen LogP contribution in [0.15, 0.2) is 24.3 Å². The van der Waals surface area contributed by atoms with Gasteiger partial charge in [-0.3, -0.25) is 9.59 Å². The number of rotatable bonds is 8. The standard InChI is InChI=1S/C20H30N2O5/c1-22(2)12-15-9-13(10-17(18(21)23)19(24)25)7-8-20(15,26)14-5-4-6-16(11-14)27-3/h4-6,11,13,15,17,26H,7-10,12H2,1-3H3,(H2,21,23)(H,24,25). The maximum absolute atomic E-state index is 11.6. The first kappa shape index (κ1) is 21.2. The maximum Gasteiger partial charge on any atom is 0.316 e. The summed E-state index contributed by atoms with van der Waals surface area (Å²) in [5.74, 6) is -2.56. The molecular formula is C20H30N2O5. The Morgan fingerprint density at radius 2 is 2.11 bits per heavy atom. The van der Waals surface area contributed by atoms with Gasteiger partial charge in [0.25, 0.3) is 0 Å². The first-order chi connectivity index (χ1) is 12.7. The highest BCUT2D eigenvalue weighted by molar-refractivity contribution is 5.95. The summed E-state index contributed by atoms with van der Waals surface area (Å²) in [5, 5.41) is 20.8. The molecule has 0 bridgehead atoms. The van der Waals surface area contributed by atoms with Gasteiger partial charge in [-0.05, 0) is 63.4 Å². The average Bonchev–Trinajstić information content (AvgIpc) is 2.61. The summed E-state index contributed by atoms with van der Waals surface area (Å²) in [6.45, 7) is 0.651. The smallest absolute Gasteiger partial charge is 0.316 e. The molecular weight excluding hydrogens is 348 g/mol. The number of amides is 1. The number of carbonyl (C=O) groups excluding carboxylic acids is 1. The maximum atomic E-state index is 11.6. The van der Waals surface area contributed by atoms with Crippen LogP contribution in [0.4, 0.5) is 0 Å². The number of carboxylic acid groups (broad SMARTS) is 1. The first-order valence-electron chi connectivity index (χ1n) is 9.21. The lowest BCUT2D eigenvalue weighted by molar-refractivity contribution is -0.147. The van der Waals surface area contributed by atoms with E-state index in [2.05, 4.69) is 0 Å². The van der Waals surface area contributed by atoms with Crippen molar-refractivity contribution in [3.8, 4) is 5.75 Å². The van der Waals surface area contributed by atoms with Crippen molar-refractivity contribution in [1.82, 2.24) is 4.90 Å². The Bertz CT molecular complexity index is 664. The second-order valence-corrected chi connectivity index (χ2v) is 7.78. The van der Waals surface area contributed by atoms with Crippen LogP contribution >= 0.6 is 0 Å². The molecule has 4 atom stereocenters. The number of primary amides is 1. The molecule has 0 aromatic heterocycles. The summed E-state index contributed by atoms with van der Waals surface area (Å²) in [6, 6.07) is 7.45. The van der Waals surface area contributed by atoms with Gasteiger partial charge in [0, 0.05) is 12.5 Å². The van der Waals surface area contributed by atoms with E-state index in [1.165, 1.54) is 0 Å². The molecule has 0 heterocycles. The summed E-state index contributed by atoms with van der Waals surface area (Å²) >= 11 is 0. The van der Waals surface area contributed by atoms with Gasteiger partial charge in [0.1, 0.15) is 11.7 Å². The topological polar surface area (TPSA) is 113 Å². The number of ether oxygens (including phenoxy) is 1. The molecule has 7 heteroatoms. The molecule has 1 aromatic rings.